The fraction of sp³-hybridized carbons (Fsp3) is 0.889. The number of hydrogen-bond acceptors (Lipinski definition) is 1. The first-order valence-electron chi connectivity index (χ1n) is 4.62. The fourth-order valence-electron chi connectivity index (χ4n) is 2.42. The summed E-state index contributed by atoms with van der Waals surface area (Å²) >= 11 is 0. The quantitative estimate of drug-likeness (QED) is 0.620. The van der Waals surface area contributed by atoms with E-state index in [0.29, 0.717) is 5.91 Å². The van der Waals surface area contributed by atoms with Crippen molar-refractivity contribution in [3.63, 3.8) is 0 Å². The Morgan fingerprint density at radius 3 is 2.25 bits per heavy atom. The van der Waals surface area contributed by atoms with Gasteiger partial charge < -0.3 is 5.32 Å². The van der Waals surface area contributed by atoms with Crippen LogP contribution in [0.4, 0.5) is 0 Å². The van der Waals surface area contributed by atoms with Crippen molar-refractivity contribution >= 4 is 18.3 Å². The van der Waals surface area contributed by atoms with Gasteiger partial charge in [-0.1, -0.05) is 19.3 Å². The second kappa shape index (κ2) is 3.65. The highest BCUT2D eigenvalue weighted by Crippen LogP contribution is 2.41. The van der Waals surface area contributed by atoms with E-state index in [9.17, 15) is 4.79 Å². The van der Waals surface area contributed by atoms with Crippen LogP contribution in [0.25, 0.3) is 0 Å². The van der Waals surface area contributed by atoms with Crippen molar-refractivity contribution in [2.24, 2.45) is 5.41 Å². The molecule has 1 spiro atoms. The van der Waals surface area contributed by atoms with Crippen molar-refractivity contribution in [3.8, 4) is 0 Å². The second-order valence-electron chi connectivity index (χ2n) is 3.85. The molecular weight excluding hydrogens is 174 g/mol. The zero-order valence-electron chi connectivity index (χ0n) is 7.27. The molecule has 1 N–H and O–H groups in total. The lowest BCUT2D eigenvalue weighted by atomic mass is 9.73. The molecular formula is C9H16ClNO. The molecule has 2 rings (SSSR count). The lowest BCUT2D eigenvalue weighted by Gasteiger charge is -2.29. The first kappa shape index (κ1) is 9.85. The summed E-state index contributed by atoms with van der Waals surface area (Å²) in [5.41, 5.74) is 0.0816. The van der Waals surface area contributed by atoms with E-state index in [2.05, 4.69) is 5.32 Å². The van der Waals surface area contributed by atoms with Crippen LogP contribution in [-0.2, 0) is 4.79 Å². The smallest absolute Gasteiger partial charge is 0.226 e. The Labute approximate surface area is 79.5 Å². The molecule has 0 unspecified atom stereocenters. The highest BCUT2D eigenvalue weighted by Gasteiger charge is 2.42. The number of nitrogens with one attached hydrogen (secondary N) is 1. The molecule has 1 aliphatic heterocycles. The Balaban J connectivity index is 0.000000720. The fourth-order valence-corrected chi connectivity index (χ4v) is 2.42. The van der Waals surface area contributed by atoms with Crippen LogP contribution in [-0.4, -0.2) is 12.5 Å². The van der Waals surface area contributed by atoms with E-state index in [1.165, 1.54) is 19.3 Å². The summed E-state index contributed by atoms with van der Waals surface area (Å²) in [6.07, 6.45) is 7.21. The summed E-state index contributed by atoms with van der Waals surface area (Å²) in [4.78, 5) is 11.4. The monoisotopic (exact) mass is 189 g/mol. The zero-order chi connectivity index (χ0) is 7.73. The summed E-state index contributed by atoms with van der Waals surface area (Å²) in [5.74, 6) is 0.331. The number of carbonyl (C=O) groups excluding carboxylic acids is 1. The van der Waals surface area contributed by atoms with E-state index in [-0.39, 0.29) is 17.8 Å². The minimum absolute atomic E-state index is 0. The van der Waals surface area contributed by atoms with Crippen molar-refractivity contribution in [3.05, 3.63) is 0 Å². The standard InChI is InChI=1S/C9H15NO.ClH/c11-8-9(6-7-10-8)4-2-1-3-5-9;/h1-7H2,(H,10,11);1H. The first-order chi connectivity index (χ1) is 5.33. The van der Waals surface area contributed by atoms with Crippen molar-refractivity contribution in [2.75, 3.05) is 6.54 Å². The highest BCUT2D eigenvalue weighted by atomic mass is 35.5. The van der Waals surface area contributed by atoms with Crippen LogP contribution in [0, 0.1) is 5.41 Å². The molecule has 0 aromatic rings. The average molecular weight is 190 g/mol. The van der Waals surface area contributed by atoms with Crippen LogP contribution >= 0.6 is 12.4 Å². The van der Waals surface area contributed by atoms with Crippen molar-refractivity contribution in [1.82, 2.24) is 5.32 Å². The molecule has 0 radical (unpaired) electrons. The largest absolute Gasteiger partial charge is 0.356 e. The lowest BCUT2D eigenvalue weighted by Crippen LogP contribution is -2.32. The first-order valence-corrected chi connectivity index (χ1v) is 4.62. The number of carbonyl (C=O) groups is 1. The molecule has 0 aromatic heterocycles. The lowest BCUT2D eigenvalue weighted by molar-refractivity contribution is -0.129. The summed E-state index contributed by atoms with van der Waals surface area (Å²) in [6.45, 7) is 0.916. The maximum atomic E-state index is 11.4. The predicted molar refractivity (Wildman–Crippen MR) is 50.4 cm³/mol. The number of hydrogen-bond donors (Lipinski definition) is 1. The third-order valence-electron chi connectivity index (χ3n) is 3.18. The van der Waals surface area contributed by atoms with E-state index >= 15 is 0 Å². The van der Waals surface area contributed by atoms with E-state index in [1.807, 2.05) is 0 Å². The zero-order valence-corrected chi connectivity index (χ0v) is 8.08. The van der Waals surface area contributed by atoms with Crippen LogP contribution in [0.3, 0.4) is 0 Å². The second-order valence-corrected chi connectivity index (χ2v) is 3.85. The summed E-state index contributed by atoms with van der Waals surface area (Å²) < 4.78 is 0. The number of amides is 1. The van der Waals surface area contributed by atoms with Gasteiger partial charge in [-0.2, -0.15) is 0 Å². The topological polar surface area (TPSA) is 29.1 Å². The Morgan fingerprint density at radius 2 is 1.75 bits per heavy atom. The van der Waals surface area contributed by atoms with Gasteiger partial charge in [0.05, 0.1) is 5.41 Å². The number of rotatable bonds is 0. The molecule has 2 aliphatic rings. The molecule has 1 amide bonds. The minimum Gasteiger partial charge on any atom is -0.356 e. The Morgan fingerprint density at radius 1 is 1.08 bits per heavy atom. The minimum atomic E-state index is 0. The van der Waals surface area contributed by atoms with Crippen molar-refractivity contribution < 1.29 is 4.79 Å². The van der Waals surface area contributed by atoms with E-state index in [1.54, 1.807) is 0 Å². The Bertz CT molecular complexity index is 175. The maximum absolute atomic E-state index is 11.4. The van der Waals surface area contributed by atoms with Gasteiger partial charge in [-0.15, -0.1) is 12.4 Å². The van der Waals surface area contributed by atoms with Gasteiger partial charge in [0.25, 0.3) is 0 Å². The molecule has 0 aromatic carbocycles. The van der Waals surface area contributed by atoms with E-state index in [0.717, 1.165) is 25.8 Å². The van der Waals surface area contributed by atoms with Crippen molar-refractivity contribution in [2.45, 2.75) is 38.5 Å². The van der Waals surface area contributed by atoms with Crippen LogP contribution in [0.5, 0.6) is 0 Å². The predicted octanol–water partition coefficient (Wildman–Crippen LogP) is 1.88. The van der Waals surface area contributed by atoms with Gasteiger partial charge in [0.15, 0.2) is 0 Å². The molecule has 2 nitrogen and oxygen atoms in total. The molecule has 2 fully saturated rings. The van der Waals surface area contributed by atoms with Gasteiger partial charge in [0, 0.05) is 6.54 Å². The molecule has 1 heterocycles. The molecule has 3 heteroatoms. The molecule has 0 bridgehead atoms. The molecule has 1 saturated heterocycles. The van der Waals surface area contributed by atoms with Crippen LogP contribution in [0.1, 0.15) is 38.5 Å². The van der Waals surface area contributed by atoms with Gasteiger partial charge in [0.2, 0.25) is 5.91 Å². The van der Waals surface area contributed by atoms with Gasteiger partial charge in [0.1, 0.15) is 0 Å². The van der Waals surface area contributed by atoms with Crippen LogP contribution in [0.2, 0.25) is 0 Å². The third-order valence-corrected chi connectivity index (χ3v) is 3.18. The SMILES string of the molecule is Cl.O=C1NCCC12CCCCC2. The van der Waals surface area contributed by atoms with Gasteiger partial charge in [-0.05, 0) is 19.3 Å². The molecule has 1 saturated carbocycles. The summed E-state index contributed by atoms with van der Waals surface area (Å²) in [5, 5.41) is 2.94. The maximum Gasteiger partial charge on any atom is 0.226 e. The van der Waals surface area contributed by atoms with Gasteiger partial charge in [-0.3, -0.25) is 4.79 Å². The number of halogens is 1. The molecule has 12 heavy (non-hydrogen) atoms. The highest BCUT2D eigenvalue weighted by molar-refractivity contribution is 5.85. The third kappa shape index (κ3) is 1.45. The average Bonchev–Trinajstić information content (AvgIpc) is 2.36. The van der Waals surface area contributed by atoms with Gasteiger partial charge >= 0.3 is 0 Å². The molecule has 0 atom stereocenters. The normalized spacial score (nSPS) is 26.5. The van der Waals surface area contributed by atoms with Crippen molar-refractivity contribution in [1.29, 1.82) is 0 Å². The van der Waals surface area contributed by atoms with Crippen LogP contribution in [0.15, 0.2) is 0 Å². The van der Waals surface area contributed by atoms with E-state index < -0.39 is 0 Å². The van der Waals surface area contributed by atoms with Gasteiger partial charge in [-0.25, -0.2) is 0 Å². The van der Waals surface area contributed by atoms with Crippen LogP contribution < -0.4 is 5.32 Å². The molecule has 70 valence electrons. The summed E-state index contributed by atoms with van der Waals surface area (Å²) in [7, 11) is 0. The molecule has 1 aliphatic carbocycles. The Hall–Kier alpha value is -0.240. The van der Waals surface area contributed by atoms with E-state index in [4.69, 9.17) is 0 Å². The summed E-state index contributed by atoms with van der Waals surface area (Å²) in [6, 6.07) is 0. The Kier molecular flexibility index (Phi) is 2.99.